The molecule has 4 heterocycles. The summed E-state index contributed by atoms with van der Waals surface area (Å²) in [6.45, 7) is 3.02. The molecule has 0 unspecified atom stereocenters. The van der Waals surface area contributed by atoms with Crippen LogP contribution < -0.4 is 0 Å². The van der Waals surface area contributed by atoms with Gasteiger partial charge in [0.25, 0.3) is 11.8 Å². The number of carbonyl (C=O) groups excluding carboxylic acids is 2. The van der Waals surface area contributed by atoms with Gasteiger partial charge in [-0.15, -0.1) is 35.3 Å². The van der Waals surface area contributed by atoms with Crippen molar-refractivity contribution in [1.82, 2.24) is 19.2 Å². The van der Waals surface area contributed by atoms with Gasteiger partial charge >= 0.3 is 0 Å². The zero-order chi connectivity index (χ0) is 22.0. The summed E-state index contributed by atoms with van der Waals surface area (Å²) in [5.74, 6) is 0.176. The maximum Gasteiger partial charge on any atom is 0.258 e. The highest BCUT2D eigenvalue weighted by atomic mass is 32.2. The first-order chi connectivity index (χ1) is 15.0. The smallest absolute Gasteiger partial charge is 0.258 e. The molecule has 0 bridgehead atoms. The van der Waals surface area contributed by atoms with Gasteiger partial charge in [0.1, 0.15) is 10.1 Å². The second kappa shape index (κ2) is 9.72. The van der Waals surface area contributed by atoms with Crippen LogP contribution in [0, 0.1) is 5.41 Å². The lowest BCUT2D eigenvalue weighted by Crippen LogP contribution is -2.44. The highest BCUT2D eigenvalue weighted by Gasteiger charge is 2.44. The number of rotatable bonds is 5. The second-order valence-corrected chi connectivity index (χ2v) is 11.3. The molecule has 2 aliphatic heterocycles. The number of carbonyl (C=O) groups is 2. The molecule has 2 aromatic heterocycles. The van der Waals surface area contributed by atoms with Crippen molar-refractivity contribution in [2.75, 3.05) is 44.9 Å². The summed E-state index contributed by atoms with van der Waals surface area (Å²) >= 11 is 6.05. The van der Waals surface area contributed by atoms with Crippen molar-refractivity contribution in [1.29, 1.82) is 0 Å². The topological polar surface area (TPSA) is 66.4 Å². The van der Waals surface area contributed by atoms with Crippen LogP contribution in [0.4, 0.5) is 0 Å². The maximum absolute atomic E-state index is 13.3. The molecule has 31 heavy (non-hydrogen) atoms. The Balaban J connectivity index is 1.42. The Morgan fingerprint density at radius 2 is 1.65 bits per heavy atom. The average Bonchev–Trinajstić information content (AvgIpc) is 3.43. The number of hydrogen-bond donors (Lipinski definition) is 0. The van der Waals surface area contributed by atoms with Crippen LogP contribution in [-0.2, 0) is 0 Å². The van der Waals surface area contributed by atoms with Crippen molar-refractivity contribution in [2.45, 2.75) is 33.5 Å². The van der Waals surface area contributed by atoms with Crippen LogP contribution in [-0.4, -0.2) is 75.9 Å². The van der Waals surface area contributed by atoms with Gasteiger partial charge in [0.15, 0.2) is 0 Å². The number of thioether (sulfide) groups is 3. The molecule has 4 rings (SSSR count). The predicted octanol–water partition coefficient (Wildman–Crippen LogP) is 4.47. The number of amides is 2. The summed E-state index contributed by atoms with van der Waals surface area (Å²) in [4.78, 5) is 34.7. The molecule has 2 amide bonds. The number of hydrogen-bond acceptors (Lipinski definition) is 8. The maximum atomic E-state index is 13.3. The van der Waals surface area contributed by atoms with Gasteiger partial charge in [0.05, 0.1) is 15.3 Å². The zero-order valence-electron chi connectivity index (χ0n) is 17.9. The number of aromatic nitrogens is 2. The lowest BCUT2D eigenvalue weighted by molar-refractivity contribution is 0.0561. The quantitative estimate of drug-likeness (QED) is 0.568. The fourth-order valence-corrected chi connectivity index (χ4v) is 7.27. The summed E-state index contributed by atoms with van der Waals surface area (Å²) in [6, 6.07) is 3.69. The van der Waals surface area contributed by atoms with E-state index in [9.17, 15) is 9.59 Å². The van der Waals surface area contributed by atoms with Crippen LogP contribution in [0.2, 0.25) is 0 Å². The minimum absolute atomic E-state index is 0.0665. The highest BCUT2D eigenvalue weighted by Crippen LogP contribution is 2.42. The molecule has 0 atom stereocenters. The molecule has 2 fully saturated rings. The van der Waals surface area contributed by atoms with Crippen LogP contribution in [0.15, 0.2) is 32.6 Å². The molecule has 0 N–H and O–H groups in total. The number of piperidine rings is 1. The summed E-state index contributed by atoms with van der Waals surface area (Å²) in [6.07, 6.45) is 10.5. The average molecular weight is 495 g/mol. The van der Waals surface area contributed by atoms with Crippen molar-refractivity contribution in [2.24, 2.45) is 5.41 Å². The molecular formula is C21H26N4O2S4. The third-order valence-electron chi connectivity index (χ3n) is 6.25. The van der Waals surface area contributed by atoms with E-state index in [1.165, 1.54) is 35.1 Å². The molecule has 0 aromatic carbocycles. The Labute approximate surface area is 200 Å². The van der Waals surface area contributed by atoms with Crippen LogP contribution in [0.3, 0.4) is 0 Å². The molecule has 10 heteroatoms. The molecule has 0 radical (unpaired) electrons. The normalized spacial score (nSPS) is 18.0. The Morgan fingerprint density at radius 1 is 0.968 bits per heavy atom. The van der Waals surface area contributed by atoms with Gasteiger partial charge < -0.3 is 9.80 Å². The van der Waals surface area contributed by atoms with Crippen LogP contribution >= 0.6 is 46.8 Å². The fraction of sp³-hybridized carbons (Fsp3) is 0.524. The van der Waals surface area contributed by atoms with Crippen molar-refractivity contribution in [3.63, 3.8) is 0 Å². The highest BCUT2D eigenvalue weighted by molar-refractivity contribution is 8.01. The summed E-state index contributed by atoms with van der Waals surface area (Å²) in [7, 11) is 0. The molecule has 2 saturated heterocycles. The lowest BCUT2D eigenvalue weighted by atomic mass is 9.77. The van der Waals surface area contributed by atoms with E-state index in [0.717, 1.165) is 65.3 Å². The van der Waals surface area contributed by atoms with E-state index >= 15 is 0 Å². The third kappa shape index (κ3) is 4.49. The van der Waals surface area contributed by atoms with Crippen molar-refractivity contribution < 1.29 is 9.59 Å². The zero-order valence-corrected chi connectivity index (χ0v) is 21.2. The van der Waals surface area contributed by atoms with E-state index in [0.29, 0.717) is 5.56 Å². The fourth-order valence-electron chi connectivity index (χ4n) is 4.46. The molecular weight excluding hydrogens is 469 g/mol. The van der Waals surface area contributed by atoms with Gasteiger partial charge in [-0.25, -0.2) is 4.98 Å². The summed E-state index contributed by atoms with van der Waals surface area (Å²) in [5, 5.41) is 1.62. The van der Waals surface area contributed by atoms with Crippen molar-refractivity contribution in [3.05, 3.63) is 29.5 Å². The van der Waals surface area contributed by atoms with Crippen molar-refractivity contribution in [3.8, 4) is 0 Å². The lowest BCUT2D eigenvalue weighted by Gasteiger charge is -2.39. The Hall–Kier alpha value is -1.23. The number of pyridine rings is 1. The number of likely N-dealkylation sites (tertiary alicyclic amines) is 2. The third-order valence-corrected chi connectivity index (χ3v) is 9.71. The molecule has 6 nitrogen and oxygen atoms in total. The van der Waals surface area contributed by atoms with E-state index in [1.807, 2.05) is 40.7 Å². The SMILES string of the molecule is CSc1ncccc1C(=O)N1CCC2(CC1)CCN(C(=O)c1c(SC)nsc1SC)C2. The van der Waals surface area contributed by atoms with Crippen LogP contribution in [0.5, 0.6) is 0 Å². The van der Waals surface area contributed by atoms with Crippen LogP contribution in [0.1, 0.15) is 40.0 Å². The van der Waals surface area contributed by atoms with Gasteiger partial charge in [-0.05, 0) is 67.1 Å². The molecule has 2 aromatic rings. The monoisotopic (exact) mass is 494 g/mol. The first-order valence-electron chi connectivity index (χ1n) is 10.2. The molecule has 0 aliphatic carbocycles. The van der Waals surface area contributed by atoms with E-state index in [1.54, 1.807) is 18.0 Å². The Morgan fingerprint density at radius 3 is 2.29 bits per heavy atom. The minimum atomic E-state index is 0.0665. The molecule has 1 spiro atoms. The van der Waals surface area contributed by atoms with Gasteiger partial charge in [0.2, 0.25) is 0 Å². The van der Waals surface area contributed by atoms with Crippen LogP contribution in [0.25, 0.3) is 0 Å². The van der Waals surface area contributed by atoms with E-state index < -0.39 is 0 Å². The first-order valence-corrected chi connectivity index (χ1v) is 14.6. The van der Waals surface area contributed by atoms with E-state index in [2.05, 4.69) is 9.36 Å². The second-order valence-electron chi connectivity index (χ2n) is 7.89. The Kier molecular flexibility index (Phi) is 7.20. The van der Waals surface area contributed by atoms with E-state index in [-0.39, 0.29) is 17.2 Å². The van der Waals surface area contributed by atoms with Gasteiger partial charge in [0, 0.05) is 32.4 Å². The standard InChI is InChI=1S/C21H26N4O2S4/c1-28-16-14(5-4-9-22-16)18(26)24-10-6-21(7-11-24)8-12-25(13-21)19(27)15-17(29-2)23-31-20(15)30-3/h4-5,9H,6-8,10-13H2,1-3H3. The largest absolute Gasteiger partial charge is 0.339 e. The first kappa shape index (κ1) is 22.9. The molecule has 0 saturated carbocycles. The molecule has 166 valence electrons. The number of nitrogens with zero attached hydrogens (tertiary/aromatic N) is 4. The Bertz CT molecular complexity index is 951. The van der Waals surface area contributed by atoms with Gasteiger partial charge in [-0.1, -0.05) is 0 Å². The van der Waals surface area contributed by atoms with Gasteiger partial charge in [-0.2, -0.15) is 4.37 Å². The minimum Gasteiger partial charge on any atom is -0.339 e. The molecule has 2 aliphatic rings. The predicted molar refractivity (Wildman–Crippen MR) is 130 cm³/mol. The van der Waals surface area contributed by atoms with Crippen molar-refractivity contribution >= 4 is 58.6 Å². The summed E-state index contributed by atoms with van der Waals surface area (Å²) in [5.41, 5.74) is 1.58. The van der Waals surface area contributed by atoms with E-state index in [4.69, 9.17) is 0 Å². The van der Waals surface area contributed by atoms with Gasteiger partial charge in [-0.3, -0.25) is 9.59 Å². The summed E-state index contributed by atoms with van der Waals surface area (Å²) < 4.78 is 5.46.